The topological polar surface area (TPSA) is 9.23 Å². The van der Waals surface area contributed by atoms with Crippen LogP contribution in [-0.2, 0) is 4.74 Å². The van der Waals surface area contributed by atoms with Crippen LogP contribution < -0.4 is 0 Å². The molecule has 108 valence electrons. The van der Waals surface area contributed by atoms with Gasteiger partial charge in [-0.05, 0) is 19.3 Å². The molecule has 7 heteroatoms. The second kappa shape index (κ2) is 5.90. The Labute approximate surface area is 108 Å². The lowest BCUT2D eigenvalue weighted by atomic mass is 9.72. The van der Waals surface area contributed by atoms with Crippen molar-refractivity contribution in [1.29, 1.82) is 0 Å². The third-order valence-electron chi connectivity index (χ3n) is 3.37. The van der Waals surface area contributed by atoms with E-state index in [0.29, 0.717) is 6.42 Å². The van der Waals surface area contributed by atoms with Crippen molar-refractivity contribution in [1.82, 2.24) is 0 Å². The Morgan fingerprint density at radius 1 is 1.00 bits per heavy atom. The molecule has 18 heavy (non-hydrogen) atoms. The molecule has 0 aromatic carbocycles. The van der Waals surface area contributed by atoms with Crippen LogP contribution in [0.1, 0.15) is 38.5 Å². The summed E-state index contributed by atoms with van der Waals surface area (Å²) in [7, 11) is 0. The van der Waals surface area contributed by atoms with Gasteiger partial charge in [0.05, 0.1) is 6.61 Å². The second-order valence-electron chi connectivity index (χ2n) is 4.55. The minimum Gasteiger partial charge on any atom is -0.320 e. The summed E-state index contributed by atoms with van der Waals surface area (Å²) in [6, 6.07) is 0. The van der Waals surface area contributed by atoms with Gasteiger partial charge < -0.3 is 4.74 Å². The molecule has 0 aliphatic heterocycles. The van der Waals surface area contributed by atoms with Crippen LogP contribution in [0.4, 0.5) is 22.0 Å². The Bertz CT molecular complexity index is 261. The minimum atomic E-state index is -4.96. The Hall–Kier alpha value is -0.100. The molecule has 1 saturated carbocycles. The highest BCUT2D eigenvalue weighted by atomic mass is 35.5. The van der Waals surface area contributed by atoms with E-state index in [9.17, 15) is 22.0 Å². The molecule has 0 aromatic heterocycles. The molecule has 0 saturated heterocycles. The lowest BCUT2D eigenvalue weighted by molar-refractivity contribution is -0.391. The average Bonchev–Trinajstić information content (AvgIpc) is 2.28. The second-order valence-corrected chi connectivity index (χ2v) is 4.93. The maximum Gasteiger partial charge on any atom is 0.402 e. The highest BCUT2D eigenvalue weighted by Crippen LogP contribution is 2.58. The van der Waals surface area contributed by atoms with Crippen molar-refractivity contribution in [3.63, 3.8) is 0 Å². The first-order valence-electron chi connectivity index (χ1n) is 5.91. The van der Waals surface area contributed by atoms with Gasteiger partial charge in [0.2, 0.25) is 0 Å². The SMILES string of the molecule is FC(F)(F)C1(C(F)(F)OCCCCl)CCCCC1. The Balaban J connectivity index is 2.87. The van der Waals surface area contributed by atoms with E-state index in [1.54, 1.807) is 0 Å². The zero-order chi connectivity index (χ0) is 13.9. The van der Waals surface area contributed by atoms with Gasteiger partial charge in [-0.3, -0.25) is 0 Å². The Morgan fingerprint density at radius 3 is 2.00 bits per heavy atom. The summed E-state index contributed by atoms with van der Waals surface area (Å²) in [5.74, 6) is 0.0785. The first-order valence-corrected chi connectivity index (χ1v) is 6.45. The van der Waals surface area contributed by atoms with Crippen molar-refractivity contribution in [3.8, 4) is 0 Å². The molecule has 0 atom stereocenters. The number of hydrogen-bond donors (Lipinski definition) is 0. The summed E-state index contributed by atoms with van der Waals surface area (Å²) in [4.78, 5) is 0. The van der Waals surface area contributed by atoms with E-state index in [-0.39, 0.29) is 25.1 Å². The number of ether oxygens (including phenoxy) is 1. The van der Waals surface area contributed by atoms with Crippen molar-refractivity contribution in [2.45, 2.75) is 50.8 Å². The van der Waals surface area contributed by atoms with Gasteiger partial charge in [0, 0.05) is 5.88 Å². The van der Waals surface area contributed by atoms with Gasteiger partial charge in [0.1, 0.15) is 0 Å². The molecular formula is C11H16ClF5O. The fourth-order valence-electron chi connectivity index (χ4n) is 2.29. The van der Waals surface area contributed by atoms with E-state index in [1.165, 1.54) is 0 Å². The smallest absolute Gasteiger partial charge is 0.320 e. The predicted octanol–water partition coefficient (Wildman–Crippen LogP) is 4.74. The highest BCUT2D eigenvalue weighted by Gasteiger charge is 2.69. The molecule has 0 unspecified atom stereocenters. The van der Waals surface area contributed by atoms with Crippen LogP contribution in [0.5, 0.6) is 0 Å². The summed E-state index contributed by atoms with van der Waals surface area (Å²) >= 11 is 5.29. The van der Waals surface area contributed by atoms with E-state index in [2.05, 4.69) is 4.74 Å². The lowest BCUT2D eigenvalue weighted by Crippen LogP contribution is -2.54. The third-order valence-corrected chi connectivity index (χ3v) is 3.64. The number of halogens is 6. The predicted molar refractivity (Wildman–Crippen MR) is 57.8 cm³/mol. The molecule has 0 bridgehead atoms. The van der Waals surface area contributed by atoms with Crippen molar-refractivity contribution >= 4 is 11.6 Å². The van der Waals surface area contributed by atoms with E-state index < -0.39 is 37.1 Å². The van der Waals surface area contributed by atoms with Gasteiger partial charge in [-0.25, -0.2) is 0 Å². The summed E-state index contributed by atoms with van der Waals surface area (Å²) in [5.41, 5.74) is -3.04. The normalized spacial score (nSPS) is 21.0. The van der Waals surface area contributed by atoms with Crippen LogP contribution in [-0.4, -0.2) is 24.8 Å². The summed E-state index contributed by atoms with van der Waals surface area (Å²) in [6.07, 6.45) is -9.35. The first-order chi connectivity index (χ1) is 8.27. The van der Waals surface area contributed by atoms with Gasteiger partial charge in [-0.15, -0.1) is 11.6 Å². The Morgan fingerprint density at radius 2 is 1.56 bits per heavy atom. The maximum absolute atomic E-state index is 13.8. The fourth-order valence-corrected chi connectivity index (χ4v) is 2.40. The van der Waals surface area contributed by atoms with Crippen LogP contribution in [0, 0.1) is 5.41 Å². The van der Waals surface area contributed by atoms with E-state index in [1.807, 2.05) is 0 Å². The van der Waals surface area contributed by atoms with Crippen LogP contribution >= 0.6 is 11.6 Å². The standard InChI is InChI=1S/C11H16ClF5O/c12-7-4-8-18-11(16,17)9(10(13,14)15)5-2-1-3-6-9/h1-8H2. The Kier molecular flexibility index (Phi) is 5.23. The van der Waals surface area contributed by atoms with Gasteiger partial charge >= 0.3 is 12.3 Å². The van der Waals surface area contributed by atoms with Crippen molar-refractivity contribution in [3.05, 3.63) is 0 Å². The van der Waals surface area contributed by atoms with E-state index in [4.69, 9.17) is 11.6 Å². The van der Waals surface area contributed by atoms with Crippen molar-refractivity contribution < 1.29 is 26.7 Å². The molecule has 0 amide bonds. The molecular weight excluding hydrogens is 279 g/mol. The van der Waals surface area contributed by atoms with E-state index >= 15 is 0 Å². The van der Waals surface area contributed by atoms with Crippen LogP contribution in [0.3, 0.4) is 0 Å². The zero-order valence-corrected chi connectivity index (χ0v) is 10.6. The summed E-state index contributed by atoms with van der Waals surface area (Å²) < 4.78 is 70.8. The molecule has 1 rings (SSSR count). The van der Waals surface area contributed by atoms with Crippen LogP contribution in [0.2, 0.25) is 0 Å². The van der Waals surface area contributed by atoms with Gasteiger partial charge in [-0.2, -0.15) is 22.0 Å². The molecule has 0 N–H and O–H groups in total. The highest BCUT2D eigenvalue weighted by molar-refractivity contribution is 6.17. The minimum absolute atomic E-state index is 0.0785. The molecule has 0 heterocycles. The monoisotopic (exact) mass is 294 g/mol. The largest absolute Gasteiger partial charge is 0.402 e. The summed E-state index contributed by atoms with van der Waals surface area (Å²) in [6.45, 7) is -0.464. The maximum atomic E-state index is 13.8. The molecule has 1 nitrogen and oxygen atoms in total. The first kappa shape index (κ1) is 16.0. The molecule has 0 spiro atoms. The molecule has 0 aromatic rings. The van der Waals surface area contributed by atoms with Gasteiger partial charge in [0.25, 0.3) is 0 Å². The summed E-state index contributed by atoms with van der Waals surface area (Å²) in [5, 5.41) is 0. The number of rotatable bonds is 5. The molecule has 0 radical (unpaired) electrons. The lowest BCUT2D eigenvalue weighted by Gasteiger charge is -2.43. The van der Waals surface area contributed by atoms with Gasteiger partial charge in [0.15, 0.2) is 5.41 Å². The molecule has 1 aliphatic carbocycles. The average molecular weight is 295 g/mol. The van der Waals surface area contributed by atoms with E-state index in [0.717, 1.165) is 0 Å². The molecule has 1 fully saturated rings. The van der Waals surface area contributed by atoms with Crippen molar-refractivity contribution in [2.75, 3.05) is 12.5 Å². The number of alkyl halides is 6. The van der Waals surface area contributed by atoms with Gasteiger partial charge in [-0.1, -0.05) is 19.3 Å². The zero-order valence-electron chi connectivity index (χ0n) is 9.83. The van der Waals surface area contributed by atoms with Crippen molar-refractivity contribution in [2.24, 2.45) is 5.41 Å². The third kappa shape index (κ3) is 3.07. The van der Waals surface area contributed by atoms with Crippen LogP contribution in [0.15, 0.2) is 0 Å². The van der Waals surface area contributed by atoms with Crippen LogP contribution in [0.25, 0.3) is 0 Å². The fraction of sp³-hybridized carbons (Fsp3) is 1.00. The molecule has 1 aliphatic rings. The quantitative estimate of drug-likeness (QED) is 0.404. The number of hydrogen-bond acceptors (Lipinski definition) is 1.